The molecule has 0 fully saturated rings. The first-order chi connectivity index (χ1) is 6.35. The third-order valence-corrected chi connectivity index (χ3v) is 2.90. The highest BCUT2D eigenvalue weighted by Gasteiger charge is 1.96. The van der Waals surface area contributed by atoms with E-state index < -0.39 is 0 Å². The summed E-state index contributed by atoms with van der Waals surface area (Å²) in [6.45, 7) is 10.3. The molecule has 0 spiro atoms. The highest BCUT2D eigenvalue weighted by Crippen LogP contribution is 1.93. The molecule has 13 heavy (non-hydrogen) atoms. The lowest BCUT2D eigenvalue weighted by atomic mass is 10.4. The van der Waals surface area contributed by atoms with E-state index in [1.165, 1.54) is 38.4 Å². The van der Waals surface area contributed by atoms with E-state index in [0.29, 0.717) is 0 Å². The van der Waals surface area contributed by atoms with Crippen LogP contribution in [-0.2, 0) is 0 Å². The first kappa shape index (κ1) is 13.3. The highest BCUT2D eigenvalue weighted by atomic mass is 32.2. The maximum absolute atomic E-state index is 3.46. The van der Waals surface area contributed by atoms with Gasteiger partial charge in [-0.15, -0.1) is 0 Å². The fraction of sp³-hybridized carbons (Fsp3) is 1.00. The molecule has 0 rings (SSSR count). The minimum Gasteiger partial charge on any atom is -0.315 e. The Morgan fingerprint density at radius 2 is 1.85 bits per heavy atom. The van der Waals surface area contributed by atoms with Crippen molar-refractivity contribution >= 4 is 11.8 Å². The van der Waals surface area contributed by atoms with Crippen LogP contribution in [0, 0.1) is 0 Å². The molecule has 0 atom stereocenters. The van der Waals surface area contributed by atoms with Crippen molar-refractivity contribution in [3.63, 3.8) is 0 Å². The summed E-state index contributed by atoms with van der Waals surface area (Å²) in [7, 11) is 0. The molecule has 1 N–H and O–H groups in total. The van der Waals surface area contributed by atoms with Crippen LogP contribution in [0.5, 0.6) is 0 Å². The average Bonchev–Trinajstić information content (AvgIpc) is 2.17. The Morgan fingerprint density at radius 1 is 1.15 bits per heavy atom. The van der Waals surface area contributed by atoms with Crippen molar-refractivity contribution in [1.82, 2.24) is 10.2 Å². The van der Waals surface area contributed by atoms with Crippen LogP contribution in [0.1, 0.15) is 20.3 Å². The van der Waals surface area contributed by atoms with Gasteiger partial charge in [-0.25, -0.2) is 0 Å². The van der Waals surface area contributed by atoms with Gasteiger partial charge in [-0.3, -0.25) is 0 Å². The third-order valence-electron chi connectivity index (χ3n) is 2.20. The van der Waals surface area contributed by atoms with E-state index in [1.54, 1.807) is 0 Å². The Hall–Kier alpha value is 0.270. The first-order valence-electron chi connectivity index (χ1n) is 5.27. The Kier molecular flexibility index (Phi) is 10.6. The van der Waals surface area contributed by atoms with E-state index in [1.807, 2.05) is 11.8 Å². The van der Waals surface area contributed by atoms with Crippen molar-refractivity contribution in [2.24, 2.45) is 0 Å². The van der Waals surface area contributed by atoms with E-state index in [4.69, 9.17) is 0 Å². The van der Waals surface area contributed by atoms with Crippen molar-refractivity contribution in [2.75, 3.05) is 44.7 Å². The van der Waals surface area contributed by atoms with E-state index >= 15 is 0 Å². The molecule has 0 aliphatic heterocycles. The fourth-order valence-corrected chi connectivity index (χ4v) is 1.68. The summed E-state index contributed by atoms with van der Waals surface area (Å²) in [6, 6.07) is 0. The lowest BCUT2D eigenvalue weighted by Crippen LogP contribution is -2.32. The Morgan fingerprint density at radius 3 is 2.38 bits per heavy atom. The normalized spacial score (nSPS) is 11.1. The second kappa shape index (κ2) is 10.4. The molecule has 0 aliphatic carbocycles. The summed E-state index contributed by atoms with van der Waals surface area (Å²) in [6.07, 6.45) is 3.45. The number of likely N-dealkylation sites (N-methyl/N-ethyl adjacent to an activating group) is 1. The van der Waals surface area contributed by atoms with Crippen LogP contribution >= 0.6 is 11.8 Å². The van der Waals surface area contributed by atoms with Gasteiger partial charge >= 0.3 is 0 Å². The van der Waals surface area contributed by atoms with E-state index in [9.17, 15) is 0 Å². The molecule has 0 amide bonds. The topological polar surface area (TPSA) is 15.3 Å². The first-order valence-corrected chi connectivity index (χ1v) is 6.66. The highest BCUT2D eigenvalue weighted by molar-refractivity contribution is 7.98. The van der Waals surface area contributed by atoms with Gasteiger partial charge in [0.25, 0.3) is 0 Å². The lowest BCUT2D eigenvalue weighted by molar-refractivity contribution is 0.302. The maximum Gasteiger partial charge on any atom is 0.0107 e. The predicted molar refractivity (Wildman–Crippen MR) is 63.7 cm³/mol. The van der Waals surface area contributed by atoms with Crippen LogP contribution in [-0.4, -0.2) is 49.6 Å². The predicted octanol–water partition coefficient (Wildman–Crippen LogP) is 1.67. The van der Waals surface area contributed by atoms with E-state index in [0.717, 1.165) is 6.54 Å². The second-order valence-electron chi connectivity index (χ2n) is 3.12. The molecule has 0 aromatic rings. The molecular formula is C10H24N2S. The van der Waals surface area contributed by atoms with Gasteiger partial charge < -0.3 is 10.2 Å². The minimum absolute atomic E-state index is 1.13. The van der Waals surface area contributed by atoms with Crippen LogP contribution < -0.4 is 5.32 Å². The zero-order chi connectivity index (χ0) is 9.94. The number of nitrogens with zero attached hydrogens (tertiary/aromatic N) is 1. The third kappa shape index (κ3) is 8.60. The number of hydrogen-bond acceptors (Lipinski definition) is 3. The van der Waals surface area contributed by atoms with Gasteiger partial charge in [0.15, 0.2) is 0 Å². The summed E-state index contributed by atoms with van der Waals surface area (Å²) in [4.78, 5) is 2.45. The van der Waals surface area contributed by atoms with E-state index in [2.05, 4.69) is 30.3 Å². The Bertz CT molecular complexity index is 94.9. The lowest BCUT2D eigenvalue weighted by Gasteiger charge is -2.17. The van der Waals surface area contributed by atoms with Gasteiger partial charge in [0.1, 0.15) is 0 Å². The van der Waals surface area contributed by atoms with Crippen molar-refractivity contribution in [1.29, 1.82) is 0 Å². The Balaban J connectivity index is 3.05. The van der Waals surface area contributed by atoms with Gasteiger partial charge in [0.2, 0.25) is 0 Å². The largest absolute Gasteiger partial charge is 0.315 e. The number of rotatable bonds is 9. The second-order valence-corrected chi connectivity index (χ2v) is 4.11. The summed E-state index contributed by atoms with van der Waals surface area (Å²) in [5.41, 5.74) is 0. The SMILES string of the molecule is CCN(CC)CCNCCCSC. The van der Waals surface area contributed by atoms with Gasteiger partial charge in [-0.2, -0.15) is 11.8 Å². The number of nitrogens with one attached hydrogen (secondary N) is 1. The van der Waals surface area contributed by atoms with Gasteiger partial charge in [-0.1, -0.05) is 13.8 Å². The molecule has 0 aliphatic rings. The fourth-order valence-electron chi connectivity index (χ4n) is 1.24. The number of thioether (sulfide) groups is 1. The molecule has 0 heterocycles. The van der Waals surface area contributed by atoms with Crippen molar-refractivity contribution in [2.45, 2.75) is 20.3 Å². The zero-order valence-corrected chi connectivity index (χ0v) is 10.1. The molecule has 0 aromatic heterocycles. The quantitative estimate of drug-likeness (QED) is 0.575. The van der Waals surface area contributed by atoms with Gasteiger partial charge in [0, 0.05) is 13.1 Å². The van der Waals surface area contributed by atoms with Crippen LogP contribution in [0.3, 0.4) is 0 Å². The molecule has 0 unspecified atom stereocenters. The van der Waals surface area contributed by atoms with Gasteiger partial charge in [0.05, 0.1) is 0 Å². The summed E-state index contributed by atoms with van der Waals surface area (Å²) in [5.74, 6) is 1.28. The van der Waals surface area contributed by atoms with Crippen LogP contribution in [0.4, 0.5) is 0 Å². The summed E-state index contributed by atoms with van der Waals surface area (Å²) >= 11 is 1.92. The molecule has 0 bridgehead atoms. The van der Waals surface area contributed by atoms with Crippen LogP contribution in [0.2, 0.25) is 0 Å². The smallest absolute Gasteiger partial charge is 0.0107 e. The van der Waals surface area contributed by atoms with Crippen molar-refractivity contribution in [3.8, 4) is 0 Å². The summed E-state index contributed by atoms with van der Waals surface area (Å²) in [5, 5.41) is 3.46. The molecule has 3 heteroatoms. The Labute approximate surface area is 87.5 Å². The summed E-state index contributed by atoms with van der Waals surface area (Å²) < 4.78 is 0. The van der Waals surface area contributed by atoms with E-state index in [-0.39, 0.29) is 0 Å². The van der Waals surface area contributed by atoms with Crippen molar-refractivity contribution in [3.05, 3.63) is 0 Å². The van der Waals surface area contributed by atoms with Crippen LogP contribution in [0.25, 0.3) is 0 Å². The molecule has 80 valence electrons. The molecule has 0 saturated heterocycles. The minimum atomic E-state index is 1.13. The standard InChI is InChI=1S/C10H24N2S/c1-4-12(5-2)9-8-11-7-6-10-13-3/h11H,4-10H2,1-3H3. The zero-order valence-electron chi connectivity index (χ0n) is 9.31. The molecule has 0 radical (unpaired) electrons. The molecule has 0 aromatic carbocycles. The monoisotopic (exact) mass is 204 g/mol. The van der Waals surface area contributed by atoms with Crippen LogP contribution in [0.15, 0.2) is 0 Å². The molecule has 2 nitrogen and oxygen atoms in total. The molecular weight excluding hydrogens is 180 g/mol. The van der Waals surface area contributed by atoms with Gasteiger partial charge in [-0.05, 0) is 38.1 Å². The maximum atomic E-state index is 3.46. The average molecular weight is 204 g/mol. The molecule has 0 saturated carbocycles. The van der Waals surface area contributed by atoms with Crippen molar-refractivity contribution < 1.29 is 0 Å². The number of hydrogen-bond donors (Lipinski definition) is 1.